The minimum Gasteiger partial charge on any atom is -0.476 e. The number of nitrogens with zero attached hydrogens (tertiary/aromatic N) is 1. The van der Waals surface area contributed by atoms with Gasteiger partial charge in [0.2, 0.25) is 0 Å². The number of para-hydroxylation sites is 2. The lowest BCUT2D eigenvalue weighted by Gasteiger charge is -2.35. The molecular formula is C29H26N2O4S. The van der Waals surface area contributed by atoms with Crippen molar-refractivity contribution in [1.29, 1.82) is 0 Å². The van der Waals surface area contributed by atoms with Crippen molar-refractivity contribution in [3.8, 4) is 5.75 Å². The number of carbonyl (C=O) groups is 1. The van der Waals surface area contributed by atoms with Crippen LogP contribution >= 0.6 is 0 Å². The molecule has 0 saturated carbocycles. The van der Waals surface area contributed by atoms with Crippen molar-refractivity contribution in [2.75, 3.05) is 10.8 Å². The number of hydrogen-bond acceptors (Lipinski definition) is 4. The summed E-state index contributed by atoms with van der Waals surface area (Å²) in [4.78, 5) is 13.7. The summed E-state index contributed by atoms with van der Waals surface area (Å²) in [6, 6.07) is 32.3. The zero-order valence-corrected chi connectivity index (χ0v) is 20.6. The van der Waals surface area contributed by atoms with Crippen LogP contribution < -0.4 is 14.4 Å². The Balaban J connectivity index is 1.47. The second-order valence-corrected chi connectivity index (χ2v) is 10.5. The molecule has 36 heavy (non-hydrogen) atoms. The van der Waals surface area contributed by atoms with E-state index in [0.29, 0.717) is 11.4 Å². The highest BCUT2D eigenvalue weighted by atomic mass is 32.2. The normalized spacial score (nSPS) is 15.9. The number of nitrogens with one attached hydrogen (secondary N) is 1. The Kier molecular flexibility index (Phi) is 6.48. The van der Waals surface area contributed by atoms with E-state index in [1.807, 2.05) is 61.5 Å². The lowest BCUT2D eigenvalue weighted by molar-refractivity contribution is -0.128. The van der Waals surface area contributed by atoms with Crippen LogP contribution in [0.3, 0.4) is 0 Å². The number of fused-ring (bicyclic) bond motifs is 1. The van der Waals surface area contributed by atoms with E-state index in [4.69, 9.17) is 4.74 Å². The molecule has 0 bridgehead atoms. The van der Waals surface area contributed by atoms with E-state index >= 15 is 0 Å². The summed E-state index contributed by atoms with van der Waals surface area (Å²) in [6.07, 6.45) is -1.03. The largest absolute Gasteiger partial charge is 0.476 e. The number of sulfonamides is 1. The molecule has 7 heteroatoms. The highest BCUT2D eigenvalue weighted by Crippen LogP contribution is 2.37. The fourth-order valence-electron chi connectivity index (χ4n) is 4.28. The monoisotopic (exact) mass is 498 g/mol. The molecule has 1 amide bonds. The van der Waals surface area contributed by atoms with Crippen LogP contribution in [0.5, 0.6) is 5.75 Å². The Labute approximate surface area is 211 Å². The fraction of sp³-hybridized carbons (Fsp3) is 0.138. The molecule has 0 aliphatic carbocycles. The van der Waals surface area contributed by atoms with Crippen LogP contribution in [-0.4, -0.2) is 27.0 Å². The zero-order chi connectivity index (χ0) is 25.1. The first-order valence-electron chi connectivity index (χ1n) is 11.7. The number of carbonyl (C=O) groups excluding carboxylic acids is 1. The first kappa shape index (κ1) is 23.6. The summed E-state index contributed by atoms with van der Waals surface area (Å²) >= 11 is 0. The van der Waals surface area contributed by atoms with Gasteiger partial charge in [-0.25, -0.2) is 8.42 Å². The summed E-state index contributed by atoms with van der Waals surface area (Å²) in [5.41, 5.74) is 3.36. The minimum absolute atomic E-state index is 0.143. The summed E-state index contributed by atoms with van der Waals surface area (Å²) in [6.45, 7) is 1.87. The maximum absolute atomic E-state index is 13.6. The van der Waals surface area contributed by atoms with Gasteiger partial charge in [0.25, 0.3) is 15.9 Å². The molecule has 2 atom stereocenters. The van der Waals surface area contributed by atoms with Crippen molar-refractivity contribution >= 4 is 21.6 Å². The molecule has 1 heterocycles. The average molecular weight is 499 g/mol. The van der Waals surface area contributed by atoms with Crippen LogP contribution in [0, 0.1) is 6.92 Å². The van der Waals surface area contributed by atoms with Crippen molar-refractivity contribution in [3.63, 3.8) is 0 Å². The third-order valence-electron chi connectivity index (χ3n) is 6.19. The Bertz CT molecular complexity index is 1460. The highest BCUT2D eigenvalue weighted by Gasteiger charge is 2.38. The number of rotatable bonds is 6. The van der Waals surface area contributed by atoms with E-state index in [-0.39, 0.29) is 11.4 Å². The summed E-state index contributed by atoms with van der Waals surface area (Å²) in [5, 5.41) is 3.10. The molecule has 4 aromatic carbocycles. The van der Waals surface area contributed by atoms with Crippen molar-refractivity contribution in [2.45, 2.75) is 24.0 Å². The Morgan fingerprint density at radius 2 is 1.42 bits per heavy atom. The van der Waals surface area contributed by atoms with Gasteiger partial charge in [-0.2, -0.15) is 0 Å². The topological polar surface area (TPSA) is 75.7 Å². The molecule has 5 rings (SSSR count). The smallest absolute Gasteiger partial charge is 0.264 e. The molecule has 0 radical (unpaired) electrons. The van der Waals surface area contributed by atoms with E-state index in [0.717, 1.165) is 16.7 Å². The average Bonchev–Trinajstić information content (AvgIpc) is 2.92. The third-order valence-corrected chi connectivity index (χ3v) is 7.98. The maximum atomic E-state index is 13.6. The number of aryl methyl sites for hydroxylation is 1. The van der Waals surface area contributed by atoms with Crippen LogP contribution in [0.1, 0.15) is 22.7 Å². The predicted molar refractivity (Wildman–Crippen MR) is 139 cm³/mol. The lowest BCUT2D eigenvalue weighted by Crippen LogP contribution is -2.51. The third kappa shape index (κ3) is 4.70. The van der Waals surface area contributed by atoms with Gasteiger partial charge >= 0.3 is 0 Å². The second kappa shape index (κ2) is 9.87. The molecule has 0 saturated heterocycles. The van der Waals surface area contributed by atoms with Gasteiger partial charge in [-0.05, 0) is 42.3 Å². The summed E-state index contributed by atoms with van der Waals surface area (Å²) in [5.74, 6) is -0.0535. The molecule has 1 aliphatic heterocycles. The van der Waals surface area contributed by atoms with Gasteiger partial charge in [-0.3, -0.25) is 9.10 Å². The van der Waals surface area contributed by atoms with Crippen molar-refractivity contribution < 1.29 is 17.9 Å². The molecule has 0 fully saturated rings. The van der Waals surface area contributed by atoms with E-state index in [2.05, 4.69) is 5.32 Å². The van der Waals surface area contributed by atoms with Crippen LogP contribution in [0.25, 0.3) is 0 Å². The van der Waals surface area contributed by atoms with Gasteiger partial charge in [-0.1, -0.05) is 90.5 Å². The zero-order valence-electron chi connectivity index (χ0n) is 19.7. The van der Waals surface area contributed by atoms with Gasteiger partial charge in [-0.15, -0.1) is 0 Å². The van der Waals surface area contributed by atoms with Crippen LogP contribution in [0.4, 0.5) is 5.69 Å². The first-order chi connectivity index (χ1) is 17.4. The summed E-state index contributed by atoms with van der Waals surface area (Å²) < 4.78 is 34.4. The number of ether oxygens (including phenoxy) is 1. The molecule has 4 aromatic rings. The minimum atomic E-state index is -3.91. The fourth-order valence-corrected chi connectivity index (χ4v) is 5.78. The van der Waals surface area contributed by atoms with E-state index in [9.17, 15) is 13.2 Å². The van der Waals surface area contributed by atoms with Gasteiger partial charge in [0.1, 0.15) is 5.75 Å². The SMILES string of the molecule is Cc1ccc([C@@H](NC(=O)[C@H]2CN(S(=O)(=O)c3ccccc3)c3ccccc3O2)c2ccccc2)cc1. The molecule has 182 valence electrons. The van der Waals surface area contributed by atoms with E-state index in [1.54, 1.807) is 54.6 Å². The Hall–Kier alpha value is -4.10. The van der Waals surface area contributed by atoms with Gasteiger partial charge in [0.15, 0.2) is 6.10 Å². The van der Waals surface area contributed by atoms with Crippen LogP contribution in [0.15, 0.2) is 114 Å². The van der Waals surface area contributed by atoms with E-state index in [1.165, 1.54) is 4.31 Å². The Morgan fingerprint density at radius 3 is 2.11 bits per heavy atom. The predicted octanol–water partition coefficient (Wildman–Crippen LogP) is 4.86. The van der Waals surface area contributed by atoms with Crippen molar-refractivity contribution in [3.05, 3.63) is 126 Å². The lowest BCUT2D eigenvalue weighted by atomic mass is 9.97. The molecule has 1 aliphatic rings. The van der Waals surface area contributed by atoms with Crippen LogP contribution in [-0.2, 0) is 14.8 Å². The molecule has 0 unspecified atom stereocenters. The molecule has 0 spiro atoms. The molecule has 1 N–H and O–H groups in total. The van der Waals surface area contributed by atoms with E-state index < -0.39 is 28.1 Å². The highest BCUT2D eigenvalue weighted by molar-refractivity contribution is 7.92. The molecule has 0 aromatic heterocycles. The standard InChI is InChI=1S/C29H26N2O4S/c1-21-16-18-23(19-17-21)28(22-10-4-2-5-11-22)30-29(32)27-20-31(25-14-8-9-15-26(25)35-27)36(33,34)24-12-6-3-7-13-24/h2-19,27-28H,20H2,1H3,(H,30,32)/t27-,28+/m1/s1. The number of hydrogen-bond donors (Lipinski definition) is 1. The van der Waals surface area contributed by atoms with Gasteiger partial charge in [0, 0.05) is 0 Å². The summed E-state index contributed by atoms with van der Waals surface area (Å²) in [7, 11) is -3.91. The van der Waals surface area contributed by atoms with Gasteiger partial charge in [0.05, 0.1) is 23.2 Å². The van der Waals surface area contributed by atoms with Gasteiger partial charge < -0.3 is 10.1 Å². The van der Waals surface area contributed by atoms with Crippen molar-refractivity contribution in [1.82, 2.24) is 5.32 Å². The quantitative estimate of drug-likeness (QED) is 0.412. The number of anilines is 1. The number of amides is 1. The number of benzene rings is 4. The van der Waals surface area contributed by atoms with Crippen LogP contribution in [0.2, 0.25) is 0 Å². The molecule has 6 nitrogen and oxygen atoms in total. The maximum Gasteiger partial charge on any atom is 0.264 e. The second-order valence-electron chi connectivity index (χ2n) is 8.69. The molecular weight excluding hydrogens is 472 g/mol. The van der Waals surface area contributed by atoms with Crippen molar-refractivity contribution in [2.24, 2.45) is 0 Å². The Morgan fingerprint density at radius 1 is 0.833 bits per heavy atom. The first-order valence-corrected chi connectivity index (χ1v) is 13.1.